The van der Waals surface area contributed by atoms with Gasteiger partial charge in [0.15, 0.2) is 0 Å². The van der Waals surface area contributed by atoms with Crippen molar-refractivity contribution in [3.05, 3.63) is 53.4 Å². The molecule has 0 aliphatic heterocycles. The number of fused-ring (bicyclic) bond motifs is 1. The summed E-state index contributed by atoms with van der Waals surface area (Å²) in [7, 11) is -3.74. The van der Waals surface area contributed by atoms with Crippen LogP contribution in [0.15, 0.2) is 53.4 Å². The fourth-order valence-corrected chi connectivity index (χ4v) is 5.62. The molecule has 0 atom stereocenters. The number of anilines is 1. The molecule has 1 aromatic heterocycles. The van der Waals surface area contributed by atoms with Crippen LogP contribution in [0.3, 0.4) is 0 Å². The van der Waals surface area contributed by atoms with Gasteiger partial charge in [0.1, 0.15) is 10.6 Å². The summed E-state index contributed by atoms with van der Waals surface area (Å²) in [5.41, 5.74) is 0.404. The SMILES string of the molecule is CCOc1ccc(NC(=O)c2cc3ccccc3s2)cc1S(=O)(=O)N(CC)CC. The fraction of sp³-hybridized carbons (Fsp3) is 0.286. The van der Waals surface area contributed by atoms with Crippen LogP contribution in [0.5, 0.6) is 5.75 Å². The van der Waals surface area contributed by atoms with Crippen molar-refractivity contribution in [3.63, 3.8) is 0 Å². The predicted molar refractivity (Wildman–Crippen MR) is 117 cm³/mol. The van der Waals surface area contributed by atoms with Crippen molar-refractivity contribution in [1.29, 1.82) is 0 Å². The Balaban J connectivity index is 1.94. The third-order valence-electron chi connectivity index (χ3n) is 4.47. The van der Waals surface area contributed by atoms with Gasteiger partial charge in [-0.1, -0.05) is 32.0 Å². The van der Waals surface area contributed by atoms with Crippen molar-refractivity contribution < 1.29 is 17.9 Å². The predicted octanol–water partition coefficient (Wildman–Crippen LogP) is 4.58. The minimum atomic E-state index is -3.74. The highest BCUT2D eigenvalue weighted by atomic mass is 32.2. The standard InChI is InChI=1S/C21H24N2O4S2/c1-4-23(5-2)29(25,26)20-14-16(11-12-17(20)27-6-3)22-21(24)19-13-15-9-7-8-10-18(15)28-19/h7-14H,4-6H2,1-3H3,(H,22,24). The molecule has 6 nitrogen and oxygen atoms in total. The molecule has 0 aliphatic carbocycles. The number of carbonyl (C=O) groups is 1. The van der Waals surface area contributed by atoms with Gasteiger partial charge in [0, 0.05) is 23.5 Å². The van der Waals surface area contributed by atoms with Crippen LogP contribution in [-0.2, 0) is 10.0 Å². The number of rotatable bonds is 8. The highest BCUT2D eigenvalue weighted by Crippen LogP contribution is 2.31. The van der Waals surface area contributed by atoms with Crippen molar-refractivity contribution in [2.45, 2.75) is 25.7 Å². The zero-order chi connectivity index (χ0) is 21.0. The summed E-state index contributed by atoms with van der Waals surface area (Å²) in [6.45, 7) is 6.41. The number of nitrogens with zero attached hydrogens (tertiary/aromatic N) is 1. The Morgan fingerprint density at radius 2 is 1.79 bits per heavy atom. The first kappa shape index (κ1) is 21.3. The fourth-order valence-electron chi connectivity index (χ4n) is 3.05. The van der Waals surface area contributed by atoms with E-state index >= 15 is 0 Å². The molecule has 3 aromatic rings. The second-order valence-corrected chi connectivity index (χ2v) is 9.28. The quantitative estimate of drug-likeness (QED) is 0.565. The monoisotopic (exact) mass is 432 g/mol. The second-order valence-electron chi connectivity index (χ2n) is 6.29. The third-order valence-corrected chi connectivity index (χ3v) is 7.66. The van der Waals surface area contributed by atoms with E-state index in [0.717, 1.165) is 10.1 Å². The summed E-state index contributed by atoms with van der Waals surface area (Å²) in [5.74, 6) is 0.000748. The van der Waals surface area contributed by atoms with Crippen molar-refractivity contribution >= 4 is 43.0 Å². The average molecular weight is 433 g/mol. The first-order chi connectivity index (χ1) is 13.9. The van der Waals surface area contributed by atoms with E-state index in [4.69, 9.17) is 4.74 Å². The van der Waals surface area contributed by atoms with E-state index in [1.807, 2.05) is 30.3 Å². The Labute approximate surface area is 175 Å². The van der Waals surface area contributed by atoms with E-state index in [2.05, 4.69) is 5.32 Å². The van der Waals surface area contributed by atoms with Crippen LogP contribution in [0.4, 0.5) is 5.69 Å². The lowest BCUT2D eigenvalue weighted by atomic mass is 10.2. The number of amides is 1. The first-order valence-corrected chi connectivity index (χ1v) is 11.7. The molecule has 0 radical (unpaired) electrons. The molecule has 0 bridgehead atoms. The van der Waals surface area contributed by atoms with Gasteiger partial charge < -0.3 is 10.1 Å². The van der Waals surface area contributed by atoms with Crippen LogP contribution < -0.4 is 10.1 Å². The number of sulfonamides is 1. The molecule has 1 amide bonds. The molecule has 3 rings (SSSR count). The maximum Gasteiger partial charge on any atom is 0.265 e. The molecule has 8 heteroatoms. The molecule has 1 N–H and O–H groups in total. The average Bonchev–Trinajstić information content (AvgIpc) is 3.14. The van der Waals surface area contributed by atoms with Gasteiger partial charge in [0.05, 0.1) is 11.5 Å². The van der Waals surface area contributed by atoms with E-state index in [0.29, 0.717) is 30.3 Å². The summed E-state index contributed by atoms with van der Waals surface area (Å²) in [6, 6.07) is 14.3. The summed E-state index contributed by atoms with van der Waals surface area (Å²) in [5, 5.41) is 3.81. The molecular formula is C21H24N2O4S2. The third kappa shape index (κ3) is 4.44. The number of hydrogen-bond donors (Lipinski definition) is 1. The van der Waals surface area contributed by atoms with Gasteiger partial charge in [-0.3, -0.25) is 4.79 Å². The molecule has 0 fully saturated rings. The Morgan fingerprint density at radius 3 is 2.45 bits per heavy atom. The van der Waals surface area contributed by atoms with E-state index < -0.39 is 10.0 Å². The zero-order valence-electron chi connectivity index (χ0n) is 16.6. The molecule has 0 unspecified atom stereocenters. The van der Waals surface area contributed by atoms with Crippen LogP contribution in [0.2, 0.25) is 0 Å². The number of benzene rings is 2. The summed E-state index contributed by atoms with van der Waals surface area (Å²) < 4.78 is 34.0. The lowest BCUT2D eigenvalue weighted by Gasteiger charge is -2.21. The lowest BCUT2D eigenvalue weighted by Crippen LogP contribution is -2.31. The largest absolute Gasteiger partial charge is 0.492 e. The number of thiophene rings is 1. The normalized spacial score (nSPS) is 11.7. The summed E-state index contributed by atoms with van der Waals surface area (Å²) in [6.07, 6.45) is 0. The Kier molecular flexibility index (Phi) is 6.56. The number of ether oxygens (including phenoxy) is 1. The summed E-state index contributed by atoms with van der Waals surface area (Å²) in [4.78, 5) is 13.3. The first-order valence-electron chi connectivity index (χ1n) is 9.47. The molecule has 0 saturated heterocycles. The van der Waals surface area contributed by atoms with Gasteiger partial charge in [0.2, 0.25) is 10.0 Å². The number of nitrogens with one attached hydrogen (secondary N) is 1. The van der Waals surface area contributed by atoms with E-state index in [1.54, 1.807) is 32.9 Å². The zero-order valence-corrected chi connectivity index (χ0v) is 18.3. The molecule has 0 spiro atoms. The van der Waals surface area contributed by atoms with Crippen LogP contribution >= 0.6 is 11.3 Å². The Hall–Kier alpha value is -2.42. The maximum absolute atomic E-state index is 13.1. The van der Waals surface area contributed by atoms with Gasteiger partial charge in [-0.15, -0.1) is 11.3 Å². The van der Waals surface area contributed by atoms with Crippen molar-refractivity contribution in [2.75, 3.05) is 25.0 Å². The molecule has 0 saturated carbocycles. The van der Waals surface area contributed by atoms with Crippen LogP contribution in [0, 0.1) is 0 Å². The van der Waals surface area contributed by atoms with Gasteiger partial charge in [-0.2, -0.15) is 4.31 Å². The van der Waals surface area contributed by atoms with Gasteiger partial charge in [-0.25, -0.2) is 8.42 Å². The van der Waals surface area contributed by atoms with Crippen LogP contribution in [-0.4, -0.2) is 38.3 Å². The van der Waals surface area contributed by atoms with Crippen LogP contribution in [0.1, 0.15) is 30.4 Å². The summed E-state index contributed by atoms with van der Waals surface area (Å²) >= 11 is 1.39. The Bertz CT molecular complexity index is 1090. The minimum absolute atomic E-state index is 0.0530. The number of hydrogen-bond acceptors (Lipinski definition) is 5. The van der Waals surface area contributed by atoms with Crippen molar-refractivity contribution in [1.82, 2.24) is 4.31 Å². The van der Waals surface area contributed by atoms with Crippen molar-refractivity contribution in [3.8, 4) is 5.75 Å². The van der Waals surface area contributed by atoms with E-state index in [-0.39, 0.29) is 16.6 Å². The van der Waals surface area contributed by atoms with Crippen LogP contribution in [0.25, 0.3) is 10.1 Å². The lowest BCUT2D eigenvalue weighted by molar-refractivity contribution is 0.103. The molecule has 2 aromatic carbocycles. The smallest absolute Gasteiger partial charge is 0.265 e. The van der Waals surface area contributed by atoms with Crippen molar-refractivity contribution in [2.24, 2.45) is 0 Å². The van der Waals surface area contributed by atoms with Gasteiger partial charge >= 0.3 is 0 Å². The molecule has 29 heavy (non-hydrogen) atoms. The minimum Gasteiger partial charge on any atom is -0.492 e. The van der Waals surface area contributed by atoms with E-state index in [9.17, 15) is 13.2 Å². The second kappa shape index (κ2) is 8.94. The topological polar surface area (TPSA) is 75.7 Å². The molecule has 1 heterocycles. The molecular weight excluding hydrogens is 408 g/mol. The highest BCUT2D eigenvalue weighted by Gasteiger charge is 2.26. The Morgan fingerprint density at radius 1 is 1.07 bits per heavy atom. The van der Waals surface area contributed by atoms with E-state index in [1.165, 1.54) is 21.7 Å². The maximum atomic E-state index is 13.1. The highest BCUT2D eigenvalue weighted by molar-refractivity contribution is 7.89. The molecule has 0 aliphatic rings. The number of carbonyl (C=O) groups excluding carboxylic acids is 1. The van der Waals surface area contributed by atoms with Gasteiger partial charge in [0.25, 0.3) is 5.91 Å². The van der Waals surface area contributed by atoms with Gasteiger partial charge in [-0.05, 0) is 42.6 Å². The molecule has 154 valence electrons.